The van der Waals surface area contributed by atoms with Gasteiger partial charge in [-0.3, -0.25) is 4.79 Å². The highest BCUT2D eigenvalue weighted by Crippen LogP contribution is 2.19. The van der Waals surface area contributed by atoms with Crippen molar-refractivity contribution in [1.29, 1.82) is 0 Å². The molecule has 1 aromatic carbocycles. The van der Waals surface area contributed by atoms with Gasteiger partial charge in [0.25, 0.3) is 5.91 Å². The van der Waals surface area contributed by atoms with Crippen molar-refractivity contribution in [2.45, 2.75) is 30.8 Å². The number of rotatable bonds is 4. The molecule has 94 valence electrons. The molecule has 0 aliphatic heterocycles. The van der Waals surface area contributed by atoms with Crippen molar-refractivity contribution in [3.8, 4) is 0 Å². The van der Waals surface area contributed by atoms with Gasteiger partial charge in [0.1, 0.15) is 0 Å². The van der Waals surface area contributed by atoms with Crippen LogP contribution in [0.5, 0.6) is 0 Å². The molecule has 0 radical (unpaired) electrons. The van der Waals surface area contributed by atoms with Crippen LogP contribution in [0.15, 0.2) is 24.3 Å². The van der Waals surface area contributed by atoms with Gasteiger partial charge >= 0.3 is 0 Å². The summed E-state index contributed by atoms with van der Waals surface area (Å²) in [5.74, 6) is -0.417. The Labute approximate surface area is 111 Å². The van der Waals surface area contributed by atoms with E-state index in [-0.39, 0.29) is 0 Å². The highest BCUT2D eigenvalue weighted by atomic mass is 35.5. The SMILES string of the molecule is CC(C)(O)c1ccc(CNC(=O)C(Cl)Cl)cc1. The zero-order valence-corrected chi connectivity index (χ0v) is 11.2. The van der Waals surface area contributed by atoms with E-state index < -0.39 is 16.3 Å². The predicted molar refractivity (Wildman–Crippen MR) is 69.0 cm³/mol. The lowest BCUT2D eigenvalue weighted by atomic mass is 9.97. The van der Waals surface area contributed by atoms with E-state index in [1.807, 2.05) is 24.3 Å². The van der Waals surface area contributed by atoms with E-state index in [0.717, 1.165) is 11.1 Å². The molecule has 0 spiro atoms. The van der Waals surface area contributed by atoms with E-state index in [4.69, 9.17) is 23.2 Å². The van der Waals surface area contributed by atoms with Crippen molar-refractivity contribution < 1.29 is 9.90 Å². The van der Waals surface area contributed by atoms with Crippen LogP contribution in [0.2, 0.25) is 0 Å². The average molecular weight is 276 g/mol. The number of carbonyl (C=O) groups excluding carboxylic acids is 1. The standard InChI is InChI=1S/C12H15Cl2NO2/c1-12(2,17)9-5-3-8(4-6-9)7-15-11(16)10(13)14/h3-6,10,17H,7H2,1-2H3,(H,15,16). The van der Waals surface area contributed by atoms with E-state index in [9.17, 15) is 9.90 Å². The van der Waals surface area contributed by atoms with Gasteiger partial charge < -0.3 is 10.4 Å². The lowest BCUT2D eigenvalue weighted by Crippen LogP contribution is -2.27. The first-order valence-electron chi connectivity index (χ1n) is 5.18. The topological polar surface area (TPSA) is 49.3 Å². The molecule has 1 rings (SSSR count). The third-order valence-electron chi connectivity index (χ3n) is 2.33. The van der Waals surface area contributed by atoms with Gasteiger partial charge in [0, 0.05) is 6.54 Å². The quantitative estimate of drug-likeness (QED) is 0.829. The summed E-state index contributed by atoms with van der Waals surface area (Å²) in [5.41, 5.74) is 0.875. The maximum atomic E-state index is 11.1. The minimum atomic E-state index is -1.05. The maximum absolute atomic E-state index is 11.1. The van der Waals surface area contributed by atoms with Crippen molar-refractivity contribution in [3.63, 3.8) is 0 Å². The van der Waals surface area contributed by atoms with Crippen LogP contribution in [-0.4, -0.2) is 15.8 Å². The Morgan fingerprint density at radius 1 is 1.35 bits per heavy atom. The lowest BCUT2D eigenvalue weighted by Gasteiger charge is -2.18. The summed E-state index contributed by atoms with van der Waals surface area (Å²) in [6.07, 6.45) is 0. The normalized spacial score (nSPS) is 11.6. The molecule has 0 heterocycles. The first kappa shape index (κ1) is 14.3. The molecule has 0 saturated carbocycles. The van der Waals surface area contributed by atoms with E-state index in [0.29, 0.717) is 6.54 Å². The van der Waals surface area contributed by atoms with Crippen LogP contribution in [-0.2, 0) is 16.9 Å². The fourth-order valence-corrected chi connectivity index (χ4v) is 1.45. The first-order chi connectivity index (χ1) is 7.80. The van der Waals surface area contributed by atoms with Gasteiger partial charge in [-0.25, -0.2) is 0 Å². The molecule has 0 fully saturated rings. The van der Waals surface area contributed by atoms with Gasteiger partial charge in [0.05, 0.1) is 5.60 Å². The van der Waals surface area contributed by atoms with E-state index in [1.165, 1.54) is 0 Å². The number of alkyl halides is 2. The minimum absolute atomic E-state index is 0.362. The van der Waals surface area contributed by atoms with Crippen molar-refractivity contribution >= 4 is 29.1 Å². The van der Waals surface area contributed by atoms with Gasteiger partial charge in [-0.1, -0.05) is 47.5 Å². The number of benzene rings is 1. The molecular formula is C12H15Cl2NO2. The Morgan fingerprint density at radius 3 is 2.29 bits per heavy atom. The number of hydrogen-bond donors (Lipinski definition) is 2. The second-order valence-electron chi connectivity index (χ2n) is 4.27. The van der Waals surface area contributed by atoms with Crippen molar-refractivity contribution in [1.82, 2.24) is 5.32 Å². The molecule has 0 aliphatic rings. The Bertz CT molecular complexity index is 382. The zero-order chi connectivity index (χ0) is 13.1. The molecule has 5 heteroatoms. The van der Waals surface area contributed by atoms with Gasteiger partial charge in [0.2, 0.25) is 0 Å². The first-order valence-corrected chi connectivity index (χ1v) is 6.05. The molecule has 1 amide bonds. The predicted octanol–water partition coefficient (Wildman–Crippen LogP) is 2.33. The molecule has 2 N–H and O–H groups in total. The summed E-state index contributed by atoms with van der Waals surface area (Å²) in [5, 5.41) is 12.4. The second kappa shape index (κ2) is 5.71. The molecule has 0 unspecified atom stereocenters. The Hall–Kier alpha value is -0.770. The molecule has 0 aliphatic carbocycles. The second-order valence-corrected chi connectivity index (χ2v) is 5.37. The van der Waals surface area contributed by atoms with Crippen molar-refractivity contribution in [2.24, 2.45) is 0 Å². The van der Waals surface area contributed by atoms with Crippen LogP contribution >= 0.6 is 23.2 Å². The van der Waals surface area contributed by atoms with E-state index in [1.54, 1.807) is 13.8 Å². The van der Waals surface area contributed by atoms with E-state index >= 15 is 0 Å². The number of halogens is 2. The van der Waals surface area contributed by atoms with E-state index in [2.05, 4.69) is 5.32 Å². The third-order valence-corrected chi connectivity index (χ3v) is 2.72. The summed E-state index contributed by atoms with van der Waals surface area (Å²) < 4.78 is 0. The monoisotopic (exact) mass is 275 g/mol. The average Bonchev–Trinajstić information content (AvgIpc) is 2.25. The highest BCUT2D eigenvalue weighted by Gasteiger charge is 2.15. The number of carbonyl (C=O) groups is 1. The van der Waals surface area contributed by atoms with Crippen molar-refractivity contribution in [3.05, 3.63) is 35.4 Å². The van der Waals surface area contributed by atoms with Gasteiger partial charge in [0.15, 0.2) is 4.84 Å². The zero-order valence-electron chi connectivity index (χ0n) is 9.71. The number of amides is 1. The third kappa shape index (κ3) is 4.54. The summed E-state index contributed by atoms with van der Waals surface area (Å²) in [7, 11) is 0. The molecule has 0 bridgehead atoms. The molecule has 0 atom stereocenters. The Balaban J connectivity index is 2.61. The molecule has 1 aromatic rings. The number of nitrogens with one attached hydrogen (secondary N) is 1. The highest BCUT2D eigenvalue weighted by molar-refractivity contribution is 6.53. The Kier molecular flexibility index (Phi) is 4.80. The van der Waals surface area contributed by atoms with Crippen LogP contribution in [0.1, 0.15) is 25.0 Å². The van der Waals surface area contributed by atoms with Crippen LogP contribution < -0.4 is 5.32 Å². The largest absolute Gasteiger partial charge is 0.386 e. The smallest absolute Gasteiger partial charge is 0.253 e. The van der Waals surface area contributed by atoms with Crippen LogP contribution in [0, 0.1) is 0 Å². The summed E-state index contributed by atoms with van der Waals surface area (Å²) in [6.45, 7) is 3.80. The summed E-state index contributed by atoms with van der Waals surface area (Å²) in [6, 6.07) is 7.32. The summed E-state index contributed by atoms with van der Waals surface area (Å²) >= 11 is 10.8. The van der Waals surface area contributed by atoms with Gasteiger partial charge in [-0.15, -0.1) is 0 Å². The van der Waals surface area contributed by atoms with Crippen molar-refractivity contribution in [2.75, 3.05) is 0 Å². The molecule has 17 heavy (non-hydrogen) atoms. The number of aliphatic hydroxyl groups is 1. The maximum Gasteiger partial charge on any atom is 0.253 e. The van der Waals surface area contributed by atoms with Crippen LogP contribution in [0.25, 0.3) is 0 Å². The molecular weight excluding hydrogens is 261 g/mol. The van der Waals surface area contributed by atoms with Gasteiger partial charge in [-0.05, 0) is 25.0 Å². The van der Waals surface area contributed by atoms with Crippen LogP contribution in [0.4, 0.5) is 0 Å². The minimum Gasteiger partial charge on any atom is -0.386 e. The number of hydrogen-bond acceptors (Lipinski definition) is 2. The summed E-state index contributed by atoms with van der Waals surface area (Å²) in [4.78, 5) is 10.1. The molecule has 0 aromatic heterocycles. The fraction of sp³-hybridized carbons (Fsp3) is 0.417. The molecule has 3 nitrogen and oxygen atoms in total. The van der Waals surface area contributed by atoms with Crippen LogP contribution in [0.3, 0.4) is 0 Å². The fourth-order valence-electron chi connectivity index (χ4n) is 1.30. The van der Waals surface area contributed by atoms with Gasteiger partial charge in [-0.2, -0.15) is 0 Å². The Morgan fingerprint density at radius 2 is 1.88 bits per heavy atom. The lowest BCUT2D eigenvalue weighted by molar-refractivity contribution is -0.119. The molecule has 0 saturated heterocycles.